The maximum atomic E-state index is 11.4. The van der Waals surface area contributed by atoms with Crippen LogP contribution in [0.1, 0.15) is 20.3 Å². The quantitative estimate of drug-likeness (QED) is 0.253. The second kappa shape index (κ2) is 7.85. The molecule has 138 valence electrons. The first-order valence-corrected chi connectivity index (χ1v) is 7.16. The van der Waals surface area contributed by atoms with E-state index in [0.29, 0.717) is 0 Å². The minimum atomic E-state index is -2.76. The van der Waals surface area contributed by atoms with E-state index in [9.17, 15) is 29.7 Å². The van der Waals surface area contributed by atoms with Gasteiger partial charge in [-0.15, -0.1) is 0 Å². The molecule has 24 heavy (non-hydrogen) atoms. The van der Waals surface area contributed by atoms with E-state index >= 15 is 0 Å². The summed E-state index contributed by atoms with van der Waals surface area (Å²) < 4.78 is 5.01. The molecule has 1 rings (SSSR count). The number of aliphatic carboxylic acids is 1. The second-order valence-corrected chi connectivity index (χ2v) is 5.65. The number of carbonyl (C=O) groups excluding carboxylic acids is 2. The first-order valence-electron chi connectivity index (χ1n) is 7.16. The van der Waals surface area contributed by atoms with Crippen LogP contribution in [0.15, 0.2) is 0 Å². The van der Waals surface area contributed by atoms with Crippen LogP contribution in [-0.4, -0.2) is 86.1 Å². The minimum absolute atomic E-state index is 0.569. The standard InChI is InChI=1S/C13H22N2O9/c1-5(17)14-7-3-13(23,12(21)22)24-11(9(7)15-6(2)18)10(20)8(19)4-16/h7-11,16,19-20,23H,3-4H2,1-2H3,(H,14,17)(H,15,18)(H,21,22)/t7-,8-,9-,10-,11?,13+/m1/s1. The van der Waals surface area contributed by atoms with Gasteiger partial charge in [-0.25, -0.2) is 4.79 Å². The molecule has 2 amide bonds. The van der Waals surface area contributed by atoms with Crippen molar-refractivity contribution in [2.45, 2.75) is 56.5 Å². The zero-order chi connectivity index (χ0) is 18.7. The Morgan fingerprint density at radius 3 is 2.17 bits per heavy atom. The first-order chi connectivity index (χ1) is 11.0. The molecule has 0 radical (unpaired) electrons. The molecule has 0 aliphatic carbocycles. The van der Waals surface area contributed by atoms with E-state index in [1.807, 2.05) is 0 Å². The average molecular weight is 350 g/mol. The number of amides is 2. The monoisotopic (exact) mass is 350 g/mol. The molecule has 1 fully saturated rings. The van der Waals surface area contributed by atoms with E-state index in [1.165, 1.54) is 0 Å². The lowest BCUT2D eigenvalue weighted by atomic mass is 9.86. The highest BCUT2D eigenvalue weighted by atomic mass is 16.7. The molecule has 11 heteroatoms. The molecule has 1 aliphatic rings. The molecule has 1 aliphatic heterocycles. The summed E-state index contributed by atoms with van der Waals surface area (Å²) in [5.74, 6) is -5.67. The normalized spacial score (nSPS) is 32.5. The van der Waals surface area contributed by atoms with Crippen molar-refractivity contribution in [2.24, 2.45) is 0 Å². The molecule has 7 N–H and O–H groups in total. The number of carbonyl (C=O) groups is 3. The third-order valence-electron chi connectivity index (χ3n) is 3.63. The Labute approximate surface area is 137 Å². The van der Waals surface area contributed by atoms with Crippen molar-refractivity contribution < 1.29 is 44.7 Å². The van der Waals surface area contributed by atoms with Gasteiger partial charge in [-0.05, 0) is 0 Å². The van der Waals surface area contributed by atoms with E-state index in [-0.39, 0.29) is 0 Å². The van der Waals surface area contributed by atoms with Crippen LogP contribution in [0.25, 0.3) is 0 Å². The maximum Gasteiger partial charge on any atom is 0.364 e. The van der Waals surface area contributed by atoms with Crippen molar-refractivity contribution in [2.75, 3.05) is 6.61 Å². The van der Waals surface area contributed by atoms with Crippen LogP contribution in [0, 0.1) is 0 Å². The van der Waals surface area contributed by atoms with Crippen LogP contribution >= 0.6 is 0 Å². The van der Waals surface area contributed by atoms with Crippen molar-refractivity contribution in [3.8, 4) is 0 Å². The van der Waals surface area contributed by atoms with Gasteiger partial charge in [0.1, 0.15) is 18.3 Å². The molecule has 0 aromatic heterocycles. The Bertz CT molecular complexity index is 500. The van der Waals surface area contributed by atoms with Crippen molar-refractivity contribution in [3.63, 3.8) is 0 Å². The van der Waals surface area contributed by atoms with Crippen LogP contribution in [-0.2, 0) is 19.1 Å². The molecule has 0 aromatic rings. The molecule has 1 saturated heterocycles. The van der Waals surface area contributed by atoms with Gasteiger partial charge in [0.05, 0.1) is 18.7 Å². The molecular formula is C13H22N2O9. The fourth-order valence-corrected chi connectivity index (χ4v) is 2.57. The summed E-state index contributed by atoms with van der Waals surface area (Å²) in [6, 6.07) is -2.26. The predicted molar refractivity (Wildman–Crippen MR) is 76.4 cm³/mol. The maximum absolute atomic E-state index is 11.4. The van der Waals surface area contributed by atoms with E-state index in [0.717, 1.165) is 13.8 Å². The van der Waals surface area contributed by atoms with Gasteiger partial charge in [0, 0.05) is 20.3 Å². The fraction of sp³-hybridized carbons (Fsp3) is 0.769. The number of aliphatic hydroxyl groups excluding tert-OH is 3. The molecule has 0 saturated carbocycles. The number of nitrogens with one attached hydrogen (secondary N) is 2. The Balaban J connectivity index is 3.25. The van der Waals surface area contributed by atoms with Crippen molar-refractivity contribution in [1.29, 1.82) is 0 Å². The molecule has 0 bridgehead atoms. The Hall–Kier alpha value is -1.79. The van der Waals surface area contributed by atoms with Crippen molar-refractivity contribution in [1.82, 2.24) is 10.6 Å². The molecule has 1 unspecified atom stereocenters. The summed E-state index contributed by atoms with van der Waals surface area (Å²) >= 11 is 0. The first kappa shape index (κ1) is 20.3. The lowest BCUT2D eigenvalue weighted by Gasteiger charge is -2.46. The van der Waals surface area contributed by atoms with Crippen LogP contribution in [0.2, 0.25) is 0 Å². The van der Waals surface area contributed by atoms with Crippen LogP contribution < -0.4 is 10.6 Å². The van der Waals surface area contributed by atoms with Crippen LogP contribution in [0.3, 0.4) is 0 Å². The van der Waals surface area contributed by atoms with E-state index in [1.54, 1.807) is 0 Å². The summed E-state index contributed by atoms with van der Waals surface area (Å²) in [5.41, 5.74) is 0. The van der Waals surface area contributed by atoms with Crippen molar-refractivity contribution >= 4 is 17.8 Å². The lowest BCUT2D eigenvalue weighted by molar-refractivity contribution is -0.283. The molecule has 6 atom stereocenters. The lowest BCUT2D eigenvalue weighted by Crippen LogP contribution is -2.70. The van der Waals surface area contributed by atoms with Gasteiger partial charge in [-0.1, -0.05) is 0 Å². The Morgan fingerprint density at radius 2 is 1.75 bits per heavy atom. The summed E-state index contributed by atoms with van der Waals surface area (Å²) in [6.45, 7) is 1.42. The number of aliphatic hydroxyl groups is 4. The zero-order valence-corrected chi connectivity index (χ0v) is 13.2. The van der Waals surface area contributed by atoms with Crippen LogP contribution in [0.5, 0.6) is 0 Å². The van der Waals surface area contributed by atoms with E-state index < -0.39 is 67.0 Å². The summed E-state index contributed by atoms with van der Waals surface area (Å²) in [5, 5.41) is 52.7. The number of hydrogen-bond donors (Lipinski definition) is 7. The number of carboxylic acid groups (broad SMARTS) is 1. The number of ether oxygens (including phenoxy) is 1. The Morgan fingerprint density at radius 1 is 1.21 bits per heavy atom. The highest BCUT2D eigenvalue weighted by molar-refractivity contribution is 5.77. The largest absolute Gasteiger partial charge is 0.477 e. The van der Waals surface area contributed by atoms with Gasteiger partial charge in [0.25, 0.3) is 5.79 Å². The summed E-state index contributed by atoms with van der Waals surface area (Å²) in [7, 11) is 0. The minimum Gasteiger partial charge on any atom is -0.477 e. The highest BCUT2D eigenvalue weighted by Crippen LogP contribution is 2.30. The summed E-state index contributed by atoms with van der Waals surface area (Å²) in [6.07, 6.45) is -5.77. The average Bonchev–Trinajstić information content (AvgIpc) is 2.47. The third-order valence-corrected chi connectivity index (χ3v) is 3.63. The van der Waals surface area contributed by atoms with Gasteiger partial charge in [-0.3, -0.25) is 9.59 Å². The van der Waals surface area contributed by atoms with Crippen molar-refractivity contribution in [3.05, 3.63) is 0 Å². The smallest absolute Gasteiger partial charge is 0.364 e. The second-order valence-electron chi connectivity index (χ2n) is 5.65. The SMILES string of the molecule is CC(=O)N[C@@H]1C[C@@](O)(C(=O)O)OC([C@H](O)[C@H](O)CO)[C@@H]1NC(C)=O. The zero-order valence-electron chi connectivity index (χ0n) is 13.2. The molecular weight excluding hydrogens is 328 g/mol. The summed E-state index contributed by atoms with van der Waals surface area (Å²) in [4.78, 5) is 34.0. The van der Waals surface area contributed by atoms with Gasteiger partial charge >= 0.3 is 5.97 Å². The Kier molecular flexibility index (Phi) is 6.63. The topological polar surface area (TPSA) is 186 Å². The number of hydrogen-bond acceptors (Lipinski definition) is 8. The van der Waals surface area contributed by atoms with Gasteiger partial charge in [0.2, 0.25) is 11.8 Å². The van der Waals surface area contributed by atoms with E-state index in [2.05, 4.69) is 10.6 Å². The molecule has 11 nitrogen and oxygen atoms in total. The van der Waals surface area contributed by atoms with Gasteiger partial charge in [-0.2, -0.15) is 0 Å². The highest BCUT2D eigenvalue weighted by Gasteiger charge is 2.54. The van der Waals surface area contributed by atoms with Crippen LogP contribution in [0.4, 0.5) is 0 Å². The molecule has 0 aromatic carbocycles. The molecule has 0 spiro atoms. The third kappa shape index (κ3) is 4.61. The molecule has 1 heterocycles. The fourth-order valence-electron chi connectivity index (χ4n) is 2.57. The predicted octanol–water partition coefficient (Wildman–Crippen LogP) is -3.73. The van der Waals surface area contributed by atoms with Gasteiger partial charge < -0.3 is 40.9 Å². The number of carboxylic acids is 1. The van der Waals surface area contributed by atoms with E-state index in [4.69, 9.17) is 14.9 Å². The number of rotatable bonds is 6. The van der Waals surface area contributed by atoms with Gasteiger partial charge in [0.15, 0.2) is 0 Å².